The first-order valence-corrected chi connectivity index (χ1v) is 9.86. The molecule has 0 unspecified atom stereocenters. The van der Waals surface area contributed by atoms with Gasteiger partial charge in [0.1, 0.15) is 35.9 Å². The van der Waals surface area contributed by atoms with Gasteiger partial charge in [-0.05, 0) is 54.4 Å². The zero-order valence-electron chi connectivity index (χ0n) is 17.4. The van der Waals surface area contributed by atoms with Gasteiger partial charge in [0.2, 0.25) is 0 Å². The molecule has 0 atom stereocenters. The second kappa shape index (κ2) is 8.19. The number of phenols is 2. The summed E-state index contributed by atoms with van der Waals surface area (Å²) in [6, 6.07) is 11.8. The van der Waals surface area contributed by atoms with E-state index in [1.807, 2.05) is 0 Å². The van der Waals surface area contributed by atoms with Crippen molar-refractivity contribution in [3.63, 3.8) is 0 Å². The van der Waals surface area contributed by atoms with Crippen molar-refractivity contribution in [2.24, 2.45) is 0 Å². The van der Waals surface area contributed by atoms with Crippen LogP contribution in [0.15, 0.2) is 57.7 Å². The third-order valence-electron chi connectivity index (χ3n) is 5.26. The van der Waals surface area contributed by atoms with Gasteiger partial charge in [0, 0.05) is 28.6 Å². The Labute approximate surface area is 186 Å². The maximum atomic E-state index is 11.9. The van der Waals surface area contributed by atoms with Crippen molar-refractivity contribution in [3.8, 4) is 33.9 Å². The minimum atomic E-state index is -1.24. The molecule has 2 aromatic rings. The molecule has 9 heteroatoms. The molecule has 2 aliphatic rings. The Balaban J connectivity index is 1.98. The van der Waals surface area contributed by atoms with Crippen LogP contribution < -0.4 is 10.3 Å². The average molecular weight is 449 g/mol. The van der Waals surface area contributed by atoms with Gasteiger partial charge in [-0.25, -0.2) is 0 Å². The number of hydrogen-bond acceptors (Lipinski definition) is 7. The molecule has 168 valence electrons. The van der Waals surface area contributed by atoms with E-state index >= 15 is 0 Å². The molecule has 1 aliphatic carbocycles. The van der Waals surface area contributed by atoms with Crippen molar-refractivity contribution in [1.82, 2.24) is 0 Å². The SMILES string of the molecule is Cc1cc(N(CC(=O)O)CC(=O)O)c(O)cc1-c1c2ccc(=O)cc-2oc2cc(O)ccc12. The third-order valence-corrected chi connectivity index (χ3v) is 5.26. The van der Waals surface area contributed by atoms with Crippen LogP contribution in [0.1, 0.15) is 5.56 Å². The Morgan fingerprint density at radius 1 is 0.909 bits per heavy atom. The molecule has 0 bridgehead atoms. The lowest BCUT2D eigenvalue weighted by molar-refractivity contribution is -0.136. The summed E-state index contributed by atoms with van der Waals surface area (Å²) < 4.78 is 5.83. The van der Waals surface area contributed by atoms with Gasteiger partial charge < -0.3 is 29.7 Å². The zero-order valence-corrected chi connectivity index (χ0v) is 17.4. The molecule has 1 aliphatic heterocycles. The fraction of sp³-hybridized carbons (Fsp3) is 0.125. The summed E-state index contributed by atoms with van der Waals surface area (Å²) in [5.41, 5.74) is 2.54. The van der Waals surface area contributed by atoms with E-state index in [1.165, 1.54) is 36.4 Å². The number of rotatable bonds is 6. The van der Waals surface area contributed by atoms with E-state index in [-0.39, 0.29) is 28.4 Å². The predicted molar refractivity (Wildman–Crippen MR) is 120 cm³/mol. The minimum absolute atomic E-state index is 0.0253. The molecule has 0 amide bonds. The van der Waals surface area contributed by atoms with E-state index in [2.05, 4.69) is 0 Å². The van der Waals surface area contributed by atoms with E-state index in [9.17, 15) is 24.6 Å². The Kier molecular flexibility index (Phi) is 5.39. The number of anilines is 1. The highest BCUT2D eigenvalue weighted by molar-refractivity contribution is 6.03. The Morgan fingerprint density at radius 2 is 1.61 bits per heavy atom. The van der Waals surface area contributed by atoms with Crippen LogP contribution in [0, 0.1) is 6.92 Å². The second-order valence-corrected chi connectivity index (χ2v) is 7.61. The molecule has 4 N–H and O–H groups in total. The zero-order chi connectivity index (χ0) is 23.9. The van der Waals surface area contributed by atoms with Gasteiger partial charge in [-0.15, -0.1) is 0 Å². The lowest BCUT2D eigenvalue weighted by Crippen LogP contribution is -2.34. The minimum Gasteiger partial charge on any atom is -0.508 e. The fourth-order valence-electron chi connectivity index (χ4n) is 3.91. The summed E-state index contributed by atoms with van der Waals surface area (Å²) >= 11 is 0. The molecule has 0 radical (unpaired) electrons. The quantitative estimate of drug-likeness (QED) is 0.325. The molecule has 0 aromatic heterocycles. The lowest BCUT2D eigenvalue weighted by Gasteiger charge is -2.24. The van der Waals surface area contributed by atoms with Gasteiger partial charge >= 0.3 is 11.9 Å². The van der Waals surface area contributed by atoms with Gasteiger partial charge in [0.05, 0.1) is 5.69 Å². The predicted octanol–water partition coefficient (Wildman–Crippen LogP) is 3.26. The molecule has 4 rings (SSSR count). The highest BCUT2D eigenvalue weighted by Crippen LogP contribution is 2.44. The summed E-state index contributed by atoms with van der Waals surface area (Å²) in [7, 11) is 0. The van der Waals surface area contributed by atoms with E-state index in [1.54, 1.807) is 19.1 Å². The number of aliphatic carboxylic acids is 2. The van der Waals surface area contributed by atoms with Gasteiger partial charge in [0.15, 0.2) is 5.43 Å². The molecule has 0 saturated carbocycles. The first-order chi connectivity index (χ1) is 15.6. The monoisotopic (exact) mass is 449 g/mol. The average Bonchev–Trinajstić information content (AvgIpc) is 2.72. The summed E-state index contributed by atoms with van der Waals surface area (Å²) in [6.07, 6.45) is 0. The molecular formula is C24H19NO8. The van der Waals surface area contributed by atoms with Crippen LogP contribution in [-0.4, -0.2) is 45.5 Å². The Bertz CT molecular complexity index is 1420. The molecule has 0 fully saturated rings. The van der Waals surface area contributed by atoms with Crippen LogP contribution in [0.25, 0.3) is 33.4 Å². The Hall–Kier alpha value is -4.53. The molecule has 0 spiro atoms. The largest absolute Gasteiger partial charge is 0.508 e. The van der Waals surface area contributed by atoms with Crippen molar-refractivity contribution in [3.05, 3.63) is 64.3 Å². The number of benzene rings is 3. The number of carboxylic acids is 2. The van der Waals surface area contributed by atoms with Crippen LogP contribution in [-0.2, 0) is 9.59 Å². The smallest absolute Gasteiger partial charge is 0.323 e. The number of carboxylic acid groups (broad SMARTS) is 2. The summed E-state index contributed by atoms with van der Waals surface area (Å²) in [4.78, 5) is 35.4. The number of nitrogens with zero attached hydrogens (tertiary/aromatic N) is 1. The molecule has 33 heavy (non-hydrogen) atoms. The van der Waals surface area contributed by atoms with Crippen molar-refractivity contribution < 1.29 is 34.4 Å². The van der Waals surface area contributed by atoms with Gasteiger partial charge in [0.25, 0.3) is 0 Å². The number of hydrogen-bond donors (Lipinski definition) is 4. The molecule has 0 saturated heterocycles. The van der Waals surface area contributed by atoms with Gasteiger partial charge in [-0.2, -0.15) is 0 Å². The van der Waals surface area contributed by atoms with Crippen LogP contribution in [0.2, 0.25) is 0 Å². The topological polar surface area (TPSA) is 149 Å². The summed E-state index contributed by atoms with van der Waals surface area (Å²) in [5.74, 6) is -2.53. The van der Waals surface area contributed by atoms with Crippen molar-refractivity contribution in [1.29, 1.82) is 0 Å². The standard InChI is InChI=1S/C24H19NO8/c1-12-6-18(25(10-22(29)30)11-23(31)32)19(28)9-17(12)24-15-4-2-13(26)7-20(15)33-21-8-14(27)3-5-16(21)24/h2-9,26,28H,10-11H2,1H3,(H,29,30)(H,31,32). The van der Waals surface area contributed by atoms with E-state index in [0.29, 0.717) is 33.2 Å². The van der Waals surface area contributed by atoms with Crippen LogP contribution in [0.4, 0.5) is 5.69 Å². The first-order valence-electron chi connectivity index (χ1n) is 9.86. The van der Waals surface area contributed by atoms with Crippen LogP contribution >= 0.6 is 0 Å². The van der Waals surface area contributed by atoms with Gasteiger partial charge in [-0.1, -0.05) is 0 Å². The van der Waals surface area contributed by atoms with Crippen molar-refractivity contribution in [2.75, 3.05) is 18.0 Å². The van der Waals surface area contributed by atoms with Crippen LogP contribution in [0.3, 0.4) is 0 Å². The number of aryl methyl sites for hydroxylation is 1. The highest BCUT2D eigenvalue weighted by Gasteiger charge is 2.23. The fourth-order valence-corrected chi connectivity index (χ4v) is 3.91. The number of aromatic hydroxyl groups is 2. The summed E-state index contributed by atoms with van der Waals surface area (Å²) in [5, 5.41) is 39.6. The summed E-state index contributed by atoms with van der Waals surface area (Å²) in [6.45, 7) is 0.517. The van der Waals surface area contributed by atoms with Crippen molar-refractivity contribution in [2.45, 2.75) is 6.92 Å². The number of phenolic OH excluding ortho intramolecular Hbond substituents is 2. The molecular weight excluding hydrogens is 430 g/mol. The van der Waals surface area contributed by atoms with E-state index in [4.69, 9.17) is 14.6 Å². The maximum absolute atomic E-state index is 11.9. The van der Waals surface area contributed by atoms with Gasteiger partial charge in [-0.3, -0.25) is 14.4 Å². The normalized spacial score (nSPS) is 11.1. The molecule has 9 nitrogen and oxygen atoms in total. The molecule has 2 aromatic carbocycles. The number of carbonyl (C=O) groups is 2. The van der Waals surface area contributed by atoms with Crippen molar-refractivity contribution >= 4 is 28.6 Å². The lowest BCUT2D eigenvalue weighted by atomic mass is 9.90. The second-order valence-electron chi connectivity index (χ2n) is 7.61. The first kappa shape index (κ1) is 21.7. The third kappa shape index (κ3) is 4.16. The van der Waals surface area contributed by atoms with E-state index < -0.39 is 25.0 Å². The van der Waals surface area contributed by atoms with Crippen LogP contribution in [0.5, 0.6) is 11.5 Å². The Morgan fingerprint density at radius 3 is 2.27 bits per heavy atom. The number of fused-ring (bicyclic) bond motifs is 2. The van der Waals surface area contributed by atoms with E-state index in [0.717, 1.165) is 4.90 Å². The highest BCUT2D eigenvalue weighted by atomic mass is 16.4. The molecule has 1 heterocycles. The maximum Gasteiger partial charge on any atom is 0.323 e.